The van der Waals surface area contributed by atoms with E-state index in [1.165, 1.54) is 4.88 Å². The number of nitrogens with one attached hydrogen (secondary N) is 1. The highest BCUT2D eigenvalue weighted by molar-refractivity contribution is 7.09. The Kier molecular flexibility index (Phi) is 8.48. The predicted octanol–water partition coefficient (Wildman–Crippen LogP) is 4.32. The van der Waals surface area contributed by atoms with Crippen LogP contribution in [0.15, 0.2) is 77.8 Å². The largest absolute Gasteiger partial charge is 0.350 e. The Balaban J connectivity index is 1.47. The van der Waals surface area contributed by atoms with Crippen LogP contribution in [0.25, 0.3) is 0 Å². The first kappa shape index (κ1) is 25.6. The molecule has 1 saturated heterocycles. The molecule has 1 aliphatic rings. The smallest absolute Gasteiger partial charge is 0.246 e. The molecule has 1 unspecified atom stereocenters. The van der Waals surface area contributed by atoms with Crippen molar-refractivity contribution in [1.29, 1.82) is 0 Å². The van der Waals surface area contributed by atoms with Gasteiger partial charge in [0.1, 0.15) is 5.54 Å². The average molecular weight is 504 g/mol. The van der Waals surface area contributed by atoms with E-state index in [0.29, 0.717) is 32.5 Å². The second kappa shape index (κ2) is 11.9. The number of hydrogen-bond donors (Lipinski definition) is 1. The summed E-state index contributed by atoms with van der Waals surface area (Å²) in [4.78, 5) is 30.9. The van der Waals surface area contributed by atoms with Crippen LogP contribution in [0.1, 0.15) is 42.8 Å². The standard InChI is InChI=1S/C28H33N5O2S/c1-3-9-22(4-2)21-33-30-20-24(31-33)13-15-28(27(35)29-19-23-10-6-5-7-11-23)18-26(34)32(28)16-14-25-12-8-17-36-25/h3-12,17,20H,13-16,18-19,21H2,1-2H3,(H,29,35). The number of carbonyl (C=O) groups is 2. The fourth-order valence-electron chi connectivity index (χ4n) is 4.56. The second-order valence-electron chi connectivity index (χ2n) is 8.98. The van der Waals surface area contributed by atoms with Gasteiger partial charge in [0.15, 0.2) is 0 Å². The van der Waals surface area contributed by atoms with Crippen LogP contribution >= 0.6 is 11.3 Å². The van der Waals surface area contributed by atoms with Gasteiger partial charge in [-0.15, -0.1) is 11.3 Å². The van der Waals surface area contributed by atoms with Crippen molar-refractivity contribution in [2.45, 2.75) is 58.2 Å². The lowest BCUT2D eigenvalue weighted by Crippen LogP contribution is -2.70. The predicted molar refractivity (Wildman–Crippen MR) is 142 cm³/mol. The summed E-state index contributed by atoms with van der Waals surface area (Å²) < 4.78 is 0. The first-order valence-electron chi connectivity index (χ1n) is 12.4. The third-order valence-electron chi connectivity index (χ3n) is 6.60. The summed E-state index contributed by atoms with van der Waals surface area (Å²) in [5.74, 6) is -0.0806. The first-order valence-corrected chi connectivity index (χ1v) is 13.2. The molecule has 2 amide bonds. The molecule has 0 radical (unpaired) electrons. The van der Waals surface area contributed by atoms with E-state index in [9.17, 15) is 9.59 Å². The lowest BCUT2D eigenvalue weighted by Gasteiger charge is -2.50. The highest BCUT2D eigenvalue weighted by Crippen LogP contribution is 2.37. The lowest BCUT2D eigenvalue weighted by atomic mass is 9.78. The molecule has 8 heteroatoms. The Morgan fingerprint density at radius 1 is 1.17 bits per heavy atom. The molecule has 4 rings (SSSR count). The Morgan fingerprint density at radius 3 is 2.69 bits per heavy atom. The maximum Gasteiger partial charge on any atom is 0.246 e. The van der Waals surface area contributed by atoms with Crippen molar-refractivity contribution in [3.8, 4) is 0 Å². The summed E-state index contributed by atoms with van der Waals surface area (Å²) in [6.07, 6.45) is 9.87. The molecule has 1 fully saturated rings. The van der Waals surface area contributed by atoms with Crippen LogP contribution in [0.2, 0.25) is 0 Å². The molecule has 1 atom stereocenters. The van der Waals surface area contributed by atoms with Gasteiger partial charge in [0, 0.05) is 18.0 Å². The van der Waals surface area contributed by atoms with Gasteiger partial charge in [0.25, 0.3) is 0 Å². The van der Waals surface area contributed by atoms with Crippen LogP contribution < -0.4 is 5.32 Å². The van der Waals surface area contributed by atoms with Crippen LogP contribution in [0.3, 0.4) is 0 Å². The Labute approximate surface area is 216 Å². The minimum atomic E-state index is -0.869. The van der Waals surface area contributed by atoms with Crippen LogP contribution in [0.4, 0.5) is 0 Å². The van der Waals surface area contributed by atoms with Gasteiger partial charge in [-0.05, 0) is 55.7 Å². The SMILES string of the molecule is CC=CC(=CC)Cn1ncc(CCC2(C(=O)NCc3ccccc3)CC(=O)N2CCc2cccs2)n1. The maximum atomic E-state index is 13.6. The van der Waals surface area contributed by atoms with Crippen LogP contribution in [-0.2, 0) is 35.5 Å². The highest BCUT2D eigenvalue weighted by atomic mass is 32.1. The average Bonchev–Trinajstić information content (AvgIpc) is 3.57. The molecule has 1 aliphatic heterocycles. The maximum absolute atomic E-state index is 13.6. The van der Waals surface area contributed by atoms with Gasteiger partial charge < -0.3 is 10.2 Å². The number of amides is 2. The van der Waals surface area contributed by atoms with Gasteiger partial charge in [-0.3, -0.25) is 9.59 Å². The zero-order valence-electron chi connectivity index (χ0n) is 20.9. The molecule has 7 nitrogen and oxygen atoms in total. The van der Waals surface area contributed by atoms with E-state index in [1.807, 2.05) is 73.9 Å². The van der Waals surface area contributed by atoms with E-state index >= 15 is 0 Å². The molecule has 0 aliphatic carbocycles. The van der Waals surface area contributed by atoms with E-state index < -0.39 is 5.54 Å². The summed E-state index contributed by atoms with van der Waals surface area (Å²) in [5, 5.41) is 14.2. The van der Waals surface area contributed by atoms with E-state index in [0.717, 1.165) is 23.3 Å². The molecule has 3 aromatic rings. The molecule has 0 bridgehead atoms. The molecule has 1 aromatic carbocycles. The monoisotopic (exact) mass is 503 g/mol. The zero-order valence-corrected chi connectivity index (χ0v) is 21.7. The van der Waals surface area contributed by atoms with E-state index in [1.54, 1.807) is 27.2 Å². The number of benzene rings is 1. The number of carbonyl (C=O) groups excluding carboxylic acids is 2. The van der Waals surface area contributed by atoms with Crippen molar-refractivity contribution in [2.75, 3.05) is 6.54 Å². The molecule has 1 N–H and O–H groups in total. The Bertz CT molecular complexity index is 1220. The fourth-order valence-corrected chi connectivity index (χ4v) is 5.26. The zero-order chi connectivity index (χ0) is 25.4. The van der Waals surface area contributed by atoms with Crippen molar-refractivity contribution < 1.29 is 9.59 Å². The van der Waals surface area contributed by atoms with Crippen molar-refractivity contribution in [2.24, 2.45) is 0 Å². The molecule has 0 saturated carbocycles. The third kappa shape index (κ3) is 5.99. The minimum absolute atomic E-state index is 0.0224. The number of nitrogens with zero attached hydrogens (tertiary/aromatic N) is 4. The molecule has 36 heavy (non-hydrogen) atoms. The molecular formula is C28H33N5O2S. The fraction of sp³-hybridized carbons (Fsp3) is 0.357. The van der Waals surface area contributed by atoms with Gasteiger partial charge in [-0.25, -0.2) is 0 Å². The molecular weight excluding hydrogens is 470 g/mol. The van der Waals surface area contributed by atoms with Crippen molar-refractivity contribution >= 4 is 23.2 Å². The van der Waals surface area contributed by atoms with Crippen LogP contribution in [0, 0.1) is 0 Å². The highest BCUT2D eigenvalue weighted by Gasteiger charge is 2.55. The first-order chi connectivity index (χ1) is 17.5. The van der Waals surface area contributed by atoms with Crippen LogP contribution in [0.5, 0.6) is 0 Å². The summed E-state index contributed by atoms with van der Waals surface area (Å²) >= 11 is 1.67. The minimum Gasteiger partial charge on any atom is -0.350 e. The number of thiophene rings is 1. The number of rotatable bonds is 12. The van der Waals surface area contributed by atoms with E-state index in [2.05, 4.69) is 21.6 Å². The molecule has 3 heterocycles. The number of aromatic nitrogens is 3. The van der Waals surface area contributed by atoms with Gasteiger partial charge in [0.2, 0.25) is 11.8 Å². The van der Waals surface area contributed by atoms with E-state index in [-0.39, 0.29) is 18.2 Å². The normalized spacial score (nSPS) is 18.0. The van der Waals surface area contributed by atoms with Crippen molar-refractivity contribution in [1.82, 2.24) is 25.2 Å². The second-order valence-corrected chi connectivity index (χ2v) is 10.0. The van der Waals surface area contributed by atoms with Gasteiger partial charge in [-0.2, -0.15) is 15.0 Å². The number of allylic oxidation sites excluding steroid dienone is 4. The Morgan fingerprint density at radius 2 is 2.00 bits per heavy atom. The number of likely N-dealkylation sites (tertiary alicyclic amines) is 1. The van der Waals surface area contributed by atoms with Gasteiger partial charge in [0.05, 0.1) is 24.9 Å². The third-order valence-corrected chi connectivity index (χ3v) is 7.53. The molecule has 188 valence electrons. The van der Waals surface area contributed by atoms with Crippen molar-refractivity contribution in [3.63, 3.8) is 0 Å². The summed E-state index contributed by atoms with van der Waals surface area (Å²) in [6.45, 7) is 5.53. The number of hydrogen-bond acceptors (Lipinski definition) is 5. The van der Waals surface area contributed by atoms with Gasteiger partial charge in [-0.1, -0.05) is 54.6 Å². The number of β-lactam (4-membered cyclic amide) rings is 1. The van der Waals surface area contributed by atoms with Gasteiger partial charge >= 0.3 is 0 Å². The van der Waals surface area contributed by atoms with Crippen LogP contribution in [-0.4, -0.2) is 43.8 Å². The Hall–Kier alpha value is -3.52. The lowest BCUT2D eigenvalue weighted by molar-refractivity contribution is -0.167. The summed E-state index contributed by atoms with van der Waals surface area (Å²) in [7, 11) is 0. The van der Waals surface area contributed by atoms with E-state index in [4.69, 9.17) is 0 Å². The topological polar surface area (TPSA) is 80.1 Å². The molecule has 2 aromatic heterocycles. The van der Waals surface area contributed by atoms with Crippen molar-refractivity contribution in [3.05, 3.63) is 94.0 Å². The number of aryl methyl sites for hydroxylation is 1. The summed E-state index contributed by atoms with van der Waals surface area (Å²) in [6, 6.07) is 13.9. The summed E-state index contributed by atoms with van der Waals surface area (Å²) in [5.41, 5.74) is 2.10. The molecule has 0 spiro atoms. The quantitative estimate of drug-likeness (QED) is 0.295.